The molecule has 9 rings (SSSR count). The summed E-state index contributed by atoms with van der Waals surface area (Å²) in [6, 6.07) is 45.1. The maximum absolute atomic E-state index is 6.65. The number of aromatic nitrogens is 3. The van der Waals surface area contributed by atoms with Crippen molar-refractivity contribution >= 4 is 55.0 Å². The molecule has 0 amide bonds. The minimum atomic E-state index is -0.105. The molecule has 0 N–H and O–H groups in total. The van der Waals surface area contributed by atoms with Gasteiger partial charge in [-0.05, 0) is 41.7 Å². The van der Waals surface area contributed by atoms with E-state index in [0.717, 1.165) is 61.0 Å². The van der Waals surface area contributed by atoms with Crippen molar-refractivity contribution in [2.45, 2.75) is 26.2 Å². The van der Waals surface area contributed by atoms with E-state index in [4.69, 9.17) is 9.72 Å². The fourth-order valence-corrected chi connectivity index (χ4v) is 7.13. The van der Waals surface area contributed by atoms with Gasteiger partial charge in [0.15, 0.2) is 0 Å². The molecule has 256 valence electrons. The van der Waals surface area contributed by atoms with Crippen LogP contribution in [0.25, 0.3) is 55.1 Å². The van der Waals surface area contributed by atoms with Crippen molar-refractivity contribution in [2.24, 2.45) is 7.05 Å². The molecule has 0 spiro atoms. The first-order valence-corrected chi connectivity index (χ1v) is 16.9. The molecule has 8 aromatic rings. The monoisotopic (exact) mass is 845 g/mol. The Kier molecular flexibility index (Phi) is 8.03. The molecule has 0 bridgehead atoms. The molecule has 51 heavy (non-hydrogen) atoms. The van der Waals surface area contributed by atoms with Crippen LogP contribution in [0.2, 0.25) is 0 Å². The largest absolute Gasteiger partial charge is 0.509 e. The molecule has 1 aliphatic rings. The third-order valence-corrected chi connectivity index (χ3v) is 9.77. The van der Waals surface area contributed by atoms with Crippen molar-refractivity contribution in [1.29, 1.82) is 0 Å². The topological polar surface area (TPSA) is 38.5 Å². The Hall–Kier alpha value is -5.32. The van der Waals surface area contributed by atoms with Gasteiger partial charge in [-0.1, -0.05) is 93.0 Å². The third kappa shape index (κ3) is 5.59. The van der Waals surface area contributed by atoms with Crippen LogP contribution in [0.4, 0.5) is 5.69 Å². The van der Waals surface area contributed by atoms with Crippen molar-refractivity contribution in [3.8, 4) is 17.3 Å². The van der Waals surface area contributed by atoms with E-state index in [1.807, 2.05) is 18.3 Å². The van der Waals surface area contributed by atoms with Gasteiger partial charge in [0.2, 0.25) is 0 Å². The molecule has 4 heterocycles. The maximum Gasteiger partial charge on any atom is 0.137 e. The van der Waals surface area contributed by atoms with Gasteiger partial charge >= 0.3 is 0 Å². The van der Waals surface area contributed by atoms with Gasteiger partial charge in [0.05, 0.1) is 5.52 Å². The van der Waals surface area contributed by atoms with Gasteiger partial charge in [0.1, 0.15) is 5.82 Å². The second kappa shape index (κ2) is 12.5. The normalized spacial score (nSPS) is 13.4. The summed E-state index contributed by atoms with van der Waals surface area (Å²) in [6.07, 6.45) is 4.14. The smallest absolute Gasteiger partial charge is 0.137 e. The number of fused-ring (bicyclic) bond motifs is 6. The van der Waals surface area contributed by atoms with Crippen molar-refractivity contribution < 1.29 is 25.8 Å². The molecule has 0 saturated carbocycles. The average Bonchev–Trinajstić information content (AvgIpc) is 3.77. The first-order valence-electron chi connectivity index (χ1n) is 16.9. The fraction of sp³-hybridized carbons (Fsp3) is 0.136. The Morgan fingerprint density at radius 2 is 1.39 bits per heavy atom. The molecule has 0 fully saturated rings. The van der Waals surface area contributed by atoms with Gasteiger partial charge in [-0.2, -0.15) is 12.7 Å². The van der Waals surface area contributed by atoms with E-state index in [1.54, 1.807) is 0 Å². The average molecular weight is 846 g/mol. The van der Waals surface area contributed by atoms with Gasteiger partial charge in [0, 0.05) is 79.4 Å². The van der Waals surface area contributed by atoms with E-state index < -0.39 is 0 Å². The number of anilines is 1. The number of nitrogens with zero attached hydrogens (tertiary/aromatic N) is 5. The molecule has 3 aromatic heterocycles. The second-order valence-electron chi connectivity index (χ2n) is 14.1. The molecule has 5 aromatic carbocycles. The predicted octanol–water partition coefficient (Wildman–Crippen LogP) is 10.4. The Morgan fingerprint density at radius 1 is 0.686 bits per heavy atom. The molecule has 0 atom stereocenters. The van der Waals surface area contributed by atoms with E-state index in [9.17, 15) is 0 Å². The Labute approximate surface area is 312 Å². The Bertz CT molecular complexity index is 2630. The van der Waals surface area contributed by atoms with Crippen LogP contribution in [0.1, 0.15) is 31.9 Å². The van der Waals surface area contributed by atoms with Gasteiger partial charge in [-0.15, -0.1) is 47.0 Å². The van der Waals surface area contributed by atoms with Gasteiger partial charge in [-0.25, -0.2) is 4.98 Å². The van der Waals surface area contributed by atoms with Crippen LogP contribution in [-0.4, -0.2) is 26.1 Å². The van der Waals surface area contributed by atoms with Gasteiger partial charge in [-0.3, -0.25) is 0 Å². The number of aryl methyl sites for hydroxylation is 1. The zero-order valence-corrected chi connectivity index (χ0v) is 31.4. The summed E-state index contributed by atoms with van der Waals surface area (Å²) in [5.74, 6) is 2.09. The molecule has 7 heteroatoms. The zero-order valence-electron chi connectivity index (χ0n) is 29.1. The van der Waals surface area contributed by atoms with Crippen LogP contribution < -0.4 is 9.64 Å². The Balaban J connectivity index is 0.00000374. The summed E-state index contributed by atoms with van der Waals surface area (Å²) in [7, 11) is 4.19. The minimum Gasteiger partial charge on any atom is -0.509 e. The molecule has 0 radical (unpaired) electrons. The number of hydrogen-bond donors (Lipinski definition) is 0. The van der Waals surface area contributed by atoms with E-state index in [2.05, 4.69) is 176 Å². The summed E-state index contributed by atoms with van der Waals surface area (Å²) in [4.78, 5) is 9.27. The maximum atomic E-state index is 6.65. The summed E-state index contributed by atoms with van der Waals surface area (Å²) in [5, 5.41) is 4.57. The van der Waals surface area contributed by atoms with Crippen LogP contribution in [0.5, 0.6) is 11.5 Å². The summed E-state index contributed by atoms with van der Waals surface area (Å²) < 4.78 is 11.1. The summed E-state index contributed by atoms with van der Waals surface area (Å²) >= 11 is 0. The number of para-hydroxylation sites is 2. The standard InChI is InChI=1S/C44H36N5O.Pt/c1-44(2,3)30-21-31(48-27-42(46(4)28-48)29-13-7-6-8-14-29)23-33(22-30)50-32-19-20-36-34-15-10-12-18-39(34)49(41(36)24-32)43-25-40-37(26-45-43)35-16-9-11-17-38(35)47(40)5;/h6-22,25-28H,1-5H3;/q-3;. The molecule has 0 aliphatic carbocycles. The second-order valence-corrected chi connectivity index (χ2v) is 14.1. The van der Waals surface area contributed by atoms with Crippen LogP contribution in [-0.2, 0) is 33.5 Å². The van der Waals surface area contributed by atoms with E-state index in [-0.39, 0.29) is 26.5 Å². The zero-order chi connectivity index (χ0) is 34.1. The molecule has 0 unspecified atom stereocenters. The Morgan fingerprint density at radius 3 is 2.16 bits per heavy atom. The summed E-state index contributed by atoms with van der Waals surface area (Å²) in [5.41, 5.74) is 8.52. The van der Waals surface area contributed by atoms with Crippen molar-refractivity contribution in [3.63, 3.8) is 0 Å². The number of ether oxygens (including phenoxy) is 1. The van der Waals surface area contributed by atoms with E-state index in [0.29, 0.717) is 11.5 Å². The first-order chi connectivity index (χ1) is 24.2. The summed E-state index contributed by atoms with van der Waals surface area (Å²) in [6.45, 7) is 8.74. The molecule has 1 aliphatic heterocycles. The van der Waals surface area contributed by atoms with Crippen LogP contribution in [0.3, 0.4) is 0 Å². The first kappa shape index (κ1) is 32.9. The van der Waals surface area contributed by atoms with E-state index >= 15 is 0 Å². The predicted molar refractivity (Wildman–Crippen MR) is 204 cm³/mol. The molecular weight excluding hydrogens is 810 g/mol. The fourth-order valence-electron chi connectivity index (χ4n) is 7.13. The number of rotatable bonds is 5. The van der Waals surface area contributed by atoms with Crippen LogP contribution in [0, 0.1) is 18.8 Å². The molecule has 6 nitrogen and oxygen atoms in total. The van der Waals surface area contributed by atoms with Gasteiger partial charge in [0.25, 0.3) is 0 Å². The number of benzene rings is 5. The van der Waals surface area contributed by atoms with Crippen molar-refractivity contribution in [1.82, 2.24) is 19.0 Å². The minimum absolute atomic E-state index is 0. The SMILES string of the molecule is CN1[CH-]N(c2[c-]c(Oc3[c-]c4c(cc3)c3ccccc3n4-c3cc4c(cn3)c3ccccc3n4C)cc(C(C)(C)C)c2)C=C1c1ccccc1.[Pt]. The van der Waals surface area contributed by atoms with Crippen molar-refractivity contribution in [3.05, 3.63) is 152 Å². The number of pyridine rings is 1. The van der Waals surface area contributed by atoms with Gasteiger partial charge < -0.3 is 23.7 Å². The third-order valence-electron chi connectivity index (χ3n) is 9.77. The molecule has 0 saturated heterocycles. The quantitative estimate of drug-likeness (QED) is 0.162. The van der Waals surface area contributed by atoms with Crippen LogP contribution in [0.15, 0.2) is 122 Å². The number of hydrogen-bond acceptors (Lipinski definition) is 4. The van der Waals surface area contributed by atoms with Crippen molar-refractivity contribution in [2.75, 3.05) is 11.9 Å². The molecular formula is C44H36N5OPt-3. The van der Waals surface area contributed by atoms with E-state index in [1.165, 1.54) is 10.9 Å². The van der Waals surface area contributed by atoms with Crippen LogP contribution >= 0.6 is 0 Å².